The van der Waals surface area contributed by atoms with Gasteiger partial charge in [0.05, 0.1) is 14.2 Å². The Kier molecular flexibility index (Phi) is 5.27. The first-order chi connectivity index (χ1) is 8.17. The van der Waals surface area contributed by atoms with E-state index in [9.17, 15) is 4.79 Å². The second-order valence-electron chi connectivity index (χ2n) is 3.76. The van der Waals surface area contributed by atoms with Gasteiger partial charge in [0.15, 0.2) is 0 Å². The van der Waals surface area contributed by atoms with Crippen molar-refractivity contribution in [1.29, 1.82) is 0 Å². The molecule has 0 atom stereocenters. The van der Waals surface area contributed by atoms with Crippen molar-refractivity contribution in [3.05, 3.63) is 35.9 Å². The van der Waals surface area contributed by atoms with Gasteiger partial charge in [0, 0.05) is 12.5 Å². The Morgan fingerprint density at radius 1 is 1.24 bits per heavy atom. The molecule has 0 saturated heterocycles. The van der Waals surface area contributed by atoms with Gasteiger partial charge in [-0.15, -0.1) is 0 Å². The van der Waals surface area contributed by atoms with Crippen LogP contribution in [0.1, 0.15) is 18.9 Å². The molecule has 17 heavy (non-hydrogen) atoms. The first kappa shape index (κ1) is 13.3. The molecule has 0 fully saturated rings. The van der Waals surface area contributed by atoms with E-state index in [1.54, 1.807) is 21.1 Å². The van der Waals surface area contributed by atoms with Crippen molar-refractivity contribution >= 4 is 5.78 Å². The molecule has 3 heteroatoms. The van der Waals surface area contributed by atoms with Gasteiger partial charge in [-0.2, -0.15) is 0 Å². The maximum Gasteiger partial charge on any atom is 0.133 e. The van der Waals surface area contributed by atoms with Gasteiger partial charge in [-0.05, 0) is 25.0 Å². The van der Waals surface area contributed by atoms with E-state index in [0.717, 1.165) is 23.5 Å². The number of methoxy groups -OCH3 is 2. The lowest BCUT2D eigenvalue weighted by molar-refractivity contribution is -0.116. The largest absolute Gasteiger partial charge is 0.497 e. The molecule has 0 aromatic heterocycles. The molecule has 0 spiro atoms. The zero-order chi connectivity index (χ0) is 12.7. The highest BCUT2D eigenvalue weighted by atomic mass is 16.5. The maximum atomic E-state index is 10.8. The van der Waals surface area contributed by atoms with Crippen LogP contribution in [0.15, 0.2) is 30.4 Å². The minimum absolute atomic E-state index is 0.169. The summed E-state index contributed by atoms with van der Waals surface area (Å²) in [5.41, 5.74) is 1.08. The Hall–Kier alpha value is -1.77. The summed E-state index contributed by atoms with van der Waals surface area (Å²) in [6, 6.07) is 5.72. The highest BCUT2D eigenvalue weighted by Gasteiger charge is 2.02. The summed E-state index contributed by atoms with van der Waals surface area (Å²) in [7, 11) is 3.26. The molecule has 3 nitrogen and oxygen atoms in total. The van der Waals surface area contributed by atoms with Crippen molar-refractivity contribution in [1.82, 2.24) is 0 Å². The molecule has 0 unspecified atom stereocenters. The lowest BCUT2D eigenvalue weighted by Crippen LogP contribution is -1.92. The molecule has 0 radical (unpaired) electrons. The summed E-state index contributed by atoms with van der Waals surface area (Å²) in [6.07, 6.45) is 5.09. The summed E-state index contributed by atoms with van der Waals surface area (Å²) in [4.78, 5) is 10.8. The fourth-order valence-corrected chi connectivity index (χ4v) is 1.48. The highest BCUT2D eigenvalue weighted by molar-refractivity contribution is 5.76. The Labute approximate surface area is 102 Å². The van der Waals surface area contributed by atoms with E-state index < -0.39 is 0 Å². The number of hydrogen-bond donors (Lipinski definition) is 0. The fraction of sp³-hybridized carbons (Fsp3) is 0.357. The fourth-order valence-electron chi connectivity index (χ4n) is 1.48. The number of allylic oxidation sites excluding steroid dienone is 2. The Balaban J connectivity index is 2.70. The number of ketones is 1. The topological polar surface area (TPSA) is 35.5 Å². The molecule has 0 aliphatic heterocycles. The van der Waals surface area contributed by atoms with E-state index in [-0.39, 0.29) is 5.78 Å². The van der Waals surface area contributed by atoms with Crippen LogP contribution in [0.3, 0.4) is 0 Å². The number of carbonyl (C=O) groups excluding carboxylic acids is 1. The molecule has 0 saturated carbocycles. The lowest BCUT2D eigenvalue weighted by atomic mass is 10.1. The molecule has 0 N–H and O–H groups in total. The minimum atomic E-state index is 0.169. The van der Waals surface area contributed by atoms with Crippen LogP contribution in [0, 0.1) is 0 Å². The van der Waals surface area contributed by atoms with Crippen molar-refractivity contribution < 1.29 is 14.3 Å². The zero-order valence-corrected chi connectivity index (χ0v) is 10.5. The smallest absolute Gasteiger partial charge is 0.133 e. The molecule has 1 aromatic carbocycles. The molecule has 0 aliphatic rings. The van der Waals surface area contributed by atoms with Crippen LogP contribution >= 0.6 is 0 Å². The Bertz CT molecular complexity index is 408. The zero-order valence-electron chi connectivity index (χ0n) is 10.5. The third-order valence-electron chi connectivity index (χ3n) is 2.40. The predicted octanol–water partition coefficient (Wildman–Crippen LogP) is 2.78. The van der Waals surface area contributed by atoms with E-state index >= 15 is 0 Å². The molecule has 0 amide bonds. The quantitative estimate of drug-likeness (QED) is 0.710. The predicted molar refractivity (Wildman–Crippen MR) is 67.7 cm³/mol. The van der Waals surface area contributed by atoms with E-state index in [1.807, 2.05) is 30.4 Å². The van der Waals surface area contributed by atoms with E-state index in [2.05, 4.69) is 0 Å². The van der Waals surface area contributed by atoms with Crippen molar-refractivity contribution in [2.75, 3.05) is 14.2 Å². The van der Waals surface area contributed by atoms with Gasteiger partial charge in [-0.1, -0.05) is 18.2 Å². The molecule has 0 aliphatic carbocycles. The molecule has 0 heterocycles. The van der Waals surface area contributed by atoms with Crippen LogP contribution in [0.25, 0.3) is 0 Å². The van der Waals surface area contributed by atoms with Crippen molar-refractivity contribution in [2.24, 2.45) is 0 Å². The standard InChI is InChI=1S/C14H18O3/c1-11(15)6-4-5-7-12-8-9-13(16-2)10-14(12)17-3/h4-5,8-10H,6-7H2,1-3H3. The lowest BCUT2D eigenvalue weighted by Gasteiger charge is -2.08. The van der Waals surface area contributed by atoms with Gasteiger partial charge in [-0.3, -0.25) is 4.79 Å². The number of Topliss-reactive ketones (excluding diaryl/α,β-unsaturated/α-hetero) is 1. The Morgan fingerprint density at radius 2 is 2.00 bits per heavy atom. The number of benzene rings is 1. The van der Waals surface area contributed by atoms with Crippen LogP contribution in [0.2, 0.25) is 0 Å². The SMILES string of the molecule is COc1ccc(CC=CCC(C)=O)c(OC)c1. The summed E-state index contributed by atoms with van der Waals surface area (Å²) >= 11 is 0. The molecule has 92 valence electrons. The first-order valence-corrected chi connectivity index (χ1v) is 5.52. The van der Waals surface area contributed by atoms with Crippen LogP contribution in [0.5, 0.6) is 11.5 Å². The van der Waals surface area contributed by atoms with Gasteiger partial charge in [0.1, 0.15) is 17.3 Å². The maximum absolute atomic E-state index is 10.8. The van der Waals surface area contributed by atoms with E-state index in [0.29, 0.717) is 6.42 Å². The third-order valence-corrected chi connectivity index (χ3v) is 2.40. The summed E-state index contributed by atoms with van der Waals surface area (Å²) in [5, 5.41) is 0. The Morgan fingerprint density at radius 3 is 2.59 bits per heavy atom. The van der Waals surface area contributed by atoms with Gasteiger partial charge < -0.3 is 9.47 Å². The molecule has 0 bridgehead atoms. The van der Waals surface area contributed by atoms with Gasteiger partial charge in [0.2, 0.25) is 0 Å². The van der Waals surface area contributed by atoms with E-state index in [1.165, 1.54) is 0 Å². The van der Waals surface area contributed by atoms with Crippen LogP contribution in [-0.4, -0.2) is 20.0 Å². The summed E-state index contributed by atoms with van der Waals surface area (Å²) in [6.45, 7) is 1.58. The first-order valence-electron chi connectivity index (χ1n) is 5.52. The molecular weight excluding hydrogens is 216 g/mol. The molecule has 1 aromatic rings. The van der Waals surface area contributed by atoms with Gasteiger partial charge in [0.25, 0.3) is 0 Å². The number of ether oxygens (including phenoxy) is 2. The van der Waals surface area contributed by atoms with Crippen molar-refractivity contribution in [2.45, 2.75) is 19.8 Å². The minimum Gasteiger partial charge on any atom is -0.497 e. The average Bonchev–Trinajstić information content (AvgIpc) is 2.34. The van der Waals surface area contributed by atoms with Crippen molar-refractivity contribution in [3.8, 4) is 11.5 Å². The van der Waals surface area contributed by atoms with Crippen molar-refractivity contribution in [3.63, 3.8) is 0 Å². The summed E-state index contributed by atoms with van der Waals surface area (Å²) < 4.78 is 10.4. The van der Waals surface area contributed by atoms with Gasteiger partial charge in [-0.25, -0.2) is 0 Å². The second kappa shape index (κ2) is 6.74. The molecule has 1 rings (SSSR count). The average molecular weight is 234 g/mol. The second-order valence-corrected chi connectivity index (χ2v) is 3.76. The number of carbonyl (C=O) groups is 1. The monoisotopic (exact) mass is 234 g/mol. The van der Waals surface area contributed by atoms with Crippen LogP contribution in [0.4, 0.5) is 0 Å². The highest BCUT2D eigenvalue weighted by Crippen LogP contribution is 2.25. The van der Waals surface area contributed by atoms with E-state index in [4.69, 9.17) is 9.47 Å². The third kappa shape index (κ3) is 4.31. The normalized spacial score (nSPS) is 10.5. The molecular formula is C14H18O3. The van der Waals surface area contributed by atoms with Crippen LogP contribution < -0.4 is 9.47 Å². The summed E-state index contributed by atoms with van der Waals surface area (Å²) in [5.74, 6) is 1.75. The van der Waals surface area contributed by atoms with Gasteiger partial charge >= 0.3 is 0 Å². The van der Waals surface area contributed by atoms with Crippen LogP contribution in [-0.2, 0) is 11.2 Å². The number of hydrogen-bond acceptors (Lipinski definition) is 3. The number of rotatable bonds is 6.